The summed E-state index contributed by atoms with van der Waals surface area (Å²) >= 11 is 0. The molecule has 100 valence electrons. The van der Waals surface area contributed by atoms with E-state index in [0.29, 0.717) is 5.82 Å². The molecule has 1 heterocycles. The molecule has 4 nitrogen and oxygen atoms in total. The lowest BCUT2D eigenvalue weighted by Gasteiger charge is -2.23. The van der Waals surface area contributed by atoms with Gasteiger partial charge in [0.2, 0.25) is 0 Å². The molecule has 0 aliphatic heterocycles. The van der Waals surface area contributed by atoms with Crippen LogP contribution in [0.1, 0.15) is 6.92 Å². The number of anilines is 3. The van der Waals surface area contributed by atoms with Crippen LogP contribution >= 0.6 is 0 Å². The van der Waals surface area contributed by atoms with E-state index in [1.807, 2.05) is 12.1 Å². The SMILES string of the molecule is CCN(c1cnc(N)cn1)c1cccc2ccccc12. The van der Waals surface area contributed by atoms with Gasteiger partial charge in [-0.15, -0.1) is 0 Å². The molecule has 3 rings (SSSR count). The summed E-state index contributed by atoms with van der Waals surface area (Å²) in [7, 11) is 0. The topological polar surface area (TPSA) is 55.0 Å². The van der Waals surface area contributed by atoms with E-state index in [1.165, 1.54) is 10.8 Å². The molecule has 0 saturated carbocycles. The molecule has 0 spiro atoms. The van der Waals surface area contributed by atoms with E-state index in [4.69, 9.17) is 5.73 Å². The normalized spacial score (nSPS) is 10.7. The van der Waals surface area contributed by atoms with Gasteiger partial charge in [-0.2, -0.15) is 0 Å². The summed E-state index contributed by atoms with van der Waals surface area (Å²) in [4.78, 5) is 10.6. The standard InChI is InChI=1S/C16H16N4/c1-2-20(16-11-18-15(17)10-19-16)14-9-5-7-12-6-3-4-8-13(12)14/h3-11H,2H2,1H3,(H2,17,18). The van der Waals surface area contributed by atoms with Crippen molar-refractivity contribution in [1.82, 2.24) is 9.97 Å². The third-order valence-corrected chi connectivity index (χ3v) is 3.31. The Labute approximate surface area is 117 Å². The van der Waals surface area contributed by atoms with Gasteiger partial charge < -0.3 is 10.6 Å². The smallest absolute Gasteiger partial charge is 0.151 e. The molecule has 0 unspecified atom stereocenters. The van der Waals surface area contributed by atoms with Crippen LogP contribution in [0.2, 0.25) is 0 Å². The Bertz CT molecular complexity index is 717. The third-order valence-electron chi connectivity index (χ3n) is 3.31. The molecular formula is C16H16N4. The quantitative estimate of drug-likeness (QED) is 0.788. The minimum atomic E-state index is 0.433. The molecule has 0 saturated heterocycles. The minimum Gasteiger partial charge on any atom is -0.382 e. The fourth-order valence-electron chi connectivity index (χ4n) is 2.37. The highest BCUT2D eigenvalue weighted by Crippen LogP contribution is 2.30. The number of hydrogen-bond acceptors (Lipinski definition) is 4. The minimum absolute atomic E-state index is 0.433. The van der Waals surface area contributed by atoms with Crippen molar-refractivity contribution in [2.75, 3.05) is 17.2 Å². The predicted octanol–water partition coefficient (Wildman–Crippen LogP) is 3.37. The van der Waals surface area contributed by atoms with Crippen LogP contribution in [0.3, 0.4) is 0 Å². The molecule has 0 radical (unpaired) electrons. The summed E-state index contributed by atoms with van der Waals surface area (Å²) in [5.74, 6) is 1.24. The maximum Gasteiger partial charge on any atom is 0.151 e. The lowest BCUT2D eigenvalue weighted by Crippen LogP contribution is -2.18. The van der Waals surface area contributed by atoms with Crippen molar-refractivity contribution in [3.63, 3.8) is 0 Å². The highest BCUT2D eigenvalue weighted by Gasteiger charge is 2.11. The van der Waals surface area contributed by atoms with Gasteiger partial charge in [-0.05, 0) is 18.4 Å². The maximum atomic E-state index is 5.61. The summed E-state index contributed by atoms with van der Waals surface area (Å²) in [6.07, 6.45) is 3.30. The molecule has 2 aromatic carbocycles. The number of nitrogens with zero attached hydrogens (tertiary/aromatic N) is 3. The number of fused-ring (bicyclic) bond motifs is 1. The van der Waals surface area contributed by atoms with Crippen LogP contribution in [0.5, 0.6) is 0 Å². The van der Waals surface area contributed by atoms with Crippen molar-refractivity contribution < 1.29 is 0 Å². The Morgan fingerprint density at radius 2 is 1.80 bits per heavy atom. The molecular weight excluding hydrogens is 248 g/mol. The van der Waals surface area contributed by atoms with E-state index in [2.05, 4.69) is 52.1 Å². The average Bonchev–Trinajstić information content (AvgIpc) is 2.50. The second-order valence-electron chi connectivity index (χ2n) is 4.54. The Balaban J connectivity index is 2.14. The van der Waals surface area contributed by atoms with Gasteiger partial charge in [0.1, 0.15) is 5.82 Å². The molecule has 20 heavy (non-hydrogen) atoms. The van der Waals surface area contributed by atoms with Gasteiger partial charge in [0, 0.05) is 11.9 Å². The van der Waals surface area contributed by atoms with Crippen molar-refractivity contribution >= 4 is 28.1 Å². The van der Waals surface area contributed by atoms with Crippen LogP contribution < -0.4 is 10.6 Å². The first-order chi connectivity index (χ1) is 9.79. The summed E-state index contributed by atoms with van der Waals surface area (Å²) < 4.78 is 0. The first kappa shape index (κ1) is 12.4. The zero-order valence-corrected chi connectivity index (χ0v) is 11.3. The highest BCUT2D eigenvalue weighted by molar-refractivity contribution is 5.95. The van der Waals surface area contributed by atoms with Crippen LogP contribution in [0.25, 0.3) is 10.8 Å². The van der Waals surface area contributed by atoms with Crippen LogP contribution in [0.15, 0.2) is 54.9 Å². The average molecular weight is 264 g/mol. The zero-order valence-electron chi connectivity index (χ0n) is 11.3. The summed E-state index contributed by atoms with van der Waals surface area (Å²) in [6.45, 7) is 2.91. The molecule has 0 amide bonds. The Morgan fingerprint density at radius 1 is 1.00 bits per heavy atom. The van der Waals surface area contributed by atoms with Crippen molar-refractivity contribution in [3.05, 3.63) is 54.9 Å². The van der Waals surface area contributed by atoms with Crippen LogP contribution in [-0.4, -0.2) is 16.5 Å². The van der Waals surface area contributed by atoms with Crippen LogP contribution in [0.4, 0.5) is 17.3 Å². The number of hydrogen-bond donors (Lipinski definition) is 1. The lowest BCUT2D eigenvalue weighted by atomic mass is 10.1. The number of nitrogens with two attached hydrogens (primary N) is 1. The molecule has 0 aliphatic rings. The van der Waals surface area contributed by atoms with Gasteiger partial charge in [0.25, 0.3) is 0 Å². The molecule has 0 fully saturated rings. The fourth-order valence-corrected chi connectivity index (χ4v) is 2.37. The zero-order chi connectivity index (χ0) is 13.9. The Hall–Kier alpha value is -2.62. The van der Waals surface area contributed by atoms with Crippen molar-refractivity contribution in [3.8, 4) is 0 Å². The van der Waals surface area contributed by atoms with Gasteiger partial charge in [-0.1, -0.05) is 36.4 Å². The molecule has 0 bridgehead atoms. The molecule has 3 aromatic rings. The first-order valence-corrected chi connectivity index (χ1v) is 6.62. The molecule has 0 atom stereocenters. The van der Waals surface area contributed by atoms with E-state index >= 15 is 0 Å². The largest absolute Gasteiger partial charge is 0.382 e. The second-order valence-corrected chi connectivity index (χ2v) is 4.54. The number of aromatic nitrogens is 2. The summed E-state index contributed by atoms with van der Waals surface area (Å²) in [5.41, 5.74) is 6.73. The van der Waals surface area contributed by atoms with Crippen molar-refractivity contribution in [1.29, 1.82) is 0 Å². The molecule has 0 aliphatic carbocycles. The number of benzene rings is 2. The molecule has 2 N–H and O–H groups in total. The van der Waals surface area contributed by atoms with Gasteiger partial charge in [0.15, 0.2) is 5.82 Å². The maximum absolute atomic E-state index is 5.61. The van der Waals surface area contributed by atoms with E-state index in [-0.39, 0.29) is 0 Å². The van der Waals surface area contributed by atoms with E-state index in [1.54, 1.807) is 12.4 Å². The predicted molar refractivity (Wildman–Crippen MR) is 83.1 cm³/mol. The Kier molecular flexibility index (Phi) is 3.21. The van der Waals surface area contributed by atoms with Gasteiger partial charge in [-0.25, -0.2) is 9.97 Å². The van der Waals surface area contributed by atoms with Gasteiger partial charge in [0.05, 0.1) is 18.1 Å². The van der Waals surface area contributed by atoms with E-state index in [9.17, 15) is 0 Å². The second kappa shape index (κ2) is 5.17. The third kappa shape index (κ3) is 2.16. The Morgan fingerprint density at radius 3 is 2.55 bits per heavy atom. The van der Waals surface area contributed by atoms with Crippen molar-refractivity contribution in [2.45, 2.75) is 6.92 Å². The number of nitrogen functional groups attached to an aromatic ring is 1. The first-order valence-electron chi connectivity index (χ1n) is 6.62. The monoisotopic (exact) mass is 264 g/mol. The summed E-state index contributed by atoms with van der Waals surface area (Å²) in [6, 6.07) is 14.6. The van der Waals surface area contributed by atoms with Crippen molar-refractivity contribution in [2.24, 2.45) is 0 Å². The highest BCUT2D eigenvalue weighted by atomic mass is 15.2. The van der Waals surface area contributed by atoms with E-state index < -0.39 is 0 Å². The summed E-state index contributed by atoms with van der Waals surface area (Å²) in [5, 5.41) is 2.42. The van der Waals surface area contributed by atoms with Crippen LogP contribution in [0, 0.1) is 0 Å². The lowest BCUT2D eigenvalue weighted by molar-refractivity contribution is 0.983. The fraction of sp³-hybridized carbons (Fsp3) is 0.125. The van der Waals surface area contributed by atoms with Gasteiger partial charge in [-0.3, -0.25) is 0 Å². The number of rotatable bonds is 3. The van der Waals surface area contributed by atoms with Crippen LogP contribution in [-0.2, 0) is 0 Å². The van der Waals surface area contributed by atoms with E-state index in [0.717, 1.165) is 18.1 Å². The molecule has 4 heteroatoms. The van der Waals surface area contributed by atoms with Gasteiger partial charge >= 0.3 is 0 Å². The molecule has 1 aromatic heterocycles.